The average molecular weight is 819 g/mol. The van der Waals surface area contributed by atoms with Crippen LogP contribution in [0.1, 0.15) is 26.3 Å². The summed E-state index contributed by atoms with van der Waals surface area (Å²) >= 11 is 0. The Morgan fingerprint density at radius 2 is 1.38 bits per heavy atom. The molecule has 3 heterocycles. The summed E-state index contributed by atoms with van der Waals surface area (Å²) in [5.41, 5.74) is 7.02. The van der Waals surface area contributed by atoms with Gasteiger partial charge in [0.25, 0.3) is 0 Å². The van der Waals surface area contributed by atoms with Gasteiger partial charge in [0.2, 0.25) is 0 Å². The molecular formula is C43H38IrN2OSi-2. The third-order valence-corrected chi connectivity index (χ3v) is 10.8. The molecule has 8 rings (SSSR count). The van der Waals surface area contributed by atoms with E-state index in [0.717, 1.165) is 44.5 Å². The monoisotopic (exact) mass is 819 g/mol. The van der Waals surface area contributed by atoms with Gasteiger partial charge in [-0.25, -0.2) is 0 Å². The fourth-order valence-electron chi connectivity index (χ4n) is 5.97. The zero-order valence-electron chi connectivity index (χ0n) is 28.2. The molecule has 241 valence electrons. The smallest absolute Gasteiger partial charge is 0.121 e. The number of aromatic nitrogens is 2. The van der Waals surface area contributed by atoms with E-state index in [2.05, 4.69) is 136 Å². The van der Waals surface area contributed by atoms with Crippen LogP contribution in [0.3, 0.4) is 0 Å². The van der Waals surface area contributed by atoms with Crippen LogP contribution in [-0.2, 0) is 25.5 Å². The van der Waals surface area contributed by atoms with Crippen LogP contribution < -0.4 is 5.19 Å². The van der Waals surface area contributed by atoms with Gasteiger partial charge in [-0.2, -0.15) is 0 Å². The Kier molecular flexibility index (Phi) is 9.24. The predicted octanol–water partition coefficient (Wildman–Crippen LogP) is 11.1. The van der Waals surface area contributed by atoms with Crippen molar-refractivity contribution >= 4 is 56.7 Å². The van der Waals surface area contributed by atoms with Crippen molar-refractivity contribution in [3.63, 3.8) is 0 Å². The summed E-state index contributed by atoms with van der Waals surface area (Å²) in [6.07, 6.45) is 3.98. The van der Waals surface area contributed by atoms with Crippen molar-refractivity contribution in [2.75, 3.05) is 0 Å². The van der Waals surface area contributed by atoms with Crippen LogP contribution in [0.5, 0.6) is 0 Å². The second-order valence-electron chi connectivity index (χ2n) is 14.2. The zero-order chi connectivity index (χ0) is 32.8. The molecule has 0 amide bonds. The van der Waals surface area contributed by atoms with Gasteiger partial charge in [0.15, 0.2) is 0 Å². The van der Waals surface area contributed by atoms with Gasteiger partial charge in [0.1, 0.15) is 5.58 Å². The first kappa shape index (κ1) is 33.5. The molecule has 48 heavy (non-hydrogen) atoms. The predicted molar refractivity (Wildman–Crippen MR) is 201 cm³/mol. The topological polar surface area (TPSA) is 38.9 Å². The van der Waals surface area contributed by atoms with Crippen LogP contribution >= 0.6 is 0 Å². The molecule has 0 fully saturated rings. The van der Waals surface area contributed by atoms with E-state index in [-0.39, 0.29) is 25.5 Å². The standard InChI is InChI=1S/C28H22NOSi.C15H16N.Ir/c1-31(2,3)20-13-14-26(29-17-20)23-10-6-9-22-25-15-19-12-11-18-7-4-5-8-21(18)24(19)16-27(25)30-28(22)23;1-15(2,3)13-9-10-14(16-11-13)12-7-5-4-6-8-12;/h4-9,11-17H,1-3H3;4-7,9-11H,1-3H3;/q2*-1;. The third-order valence-electron chi connectivity index (χ3n) is 8.80. The maximum atomic E-state index is 6.43. The molecule has 0 bridgehead atoms. The summed E-state index contributed by atoms with van der Waals surface area (Å²) in [5, 5.41) is 8.52. The number of rotatable bonds is 3. The Morgan fingerprint density at radius 3 is 2.06 bits per heavy atom. The van der Waals surface area contributed by atoms with Crippen molar-refractivity contribution < 1.29 is 24.5 Å². The number of hydrogen-bond donors (Lipinski definition) is 0. The van der Waals surface area contributed by atoms with E-state index in [1.807, 2.05) is 42.7 Å². The molecule has 0 atom stereocenters. The Labute approximate surface area is 297 Å². The Hall–Kier alpha value is -4.41. The summed E-state index contributed by atoms with van der Waals surface area (Å²) < 4.78 is 6.43. The number of nitrogens with zero attached hydrogens (tertiary/aromatic N) is 2. The molecule has 0 spiro atoms. The van der Waals surface area contributed by atoms with Gasteiger partial charge >= 0.3 is 0 Å². The number of benzene rings is 5. The van der Waals surface area contributed by atoms with Crippen LogP contribution in [-0.4, -0.2) is 18.0 Å². The van der Waals surface area contributed by atoms with Crippen molar-refractivity contribution in [2.45, 2.75) is 45.8 Å². The molecule has 3 aromatic heterocycles. The Morgan fingerprint density at radius 1 is 0.625 bits per heavy atom. The Bertz CT molecular complexity index is 2350. The fourth-order valence-corrected chi connectivity index (χ4v) is 7.00. The van der Waals surface area contributed by atoms with E-state index in [0.29, 0.717) is 0 Å². The molecule has 5 aromatic carbocycles. The summed E-state index contributed by atoms with van der Waals surface area (Å²) in [4.78, 5) is 9.26. The van der Waals surface area contributed by atoms with Crippen LogP contribution in [0.2, 0.25) is 19.6 Å². The molecule has 0 N–H and O–H groups in total. The maximum Gasteiger partial charge on any atom is 0.121 e. The van der Waals surface area contributed by atoms with Gasteiger partial charge in [-0.1, -0.05) is 112 Å². The SMILES string of the molecule is CC(C)(C)c1ccc(-c2[c-]cccc2)nc1.C[Si](C)(C)c1ccc(-c2[c-]ccc3c2oc2cc4c(ccc5ccccc54)cc23)nc1.[Ir]. The minimum Gasteiger partial charge on any atom is -0.501 e. The van der Waals surface area contributed by atoms with Crippen molar-refractivity contribution in [1.29, 1.82) is 0 Å². The van der Waals surface area contributed by atoms with E-state index in [4.69, 9.17) is 9.40 Å². The van der Waals surface area contributed by atoms with Gasteiger partial charge in [-0.15, -0.1) is 54.1 Å². The van der Waals surface area contributed by atoms with E-state index in [1.165, 1.54) is 32.3 Å². The Balaban J connectivity index is 0.000000201. The van der Waals surface area contributed by atoms with Gasteiger partial charge < -0.3 is 14.4 Å². The first-order valence-electron chi connectivity index (χ1n) is 16.2. The zero-order valence-corrected chi connectivity index (χ0v) is 31.6. The molecule has 0 saturated carbocycles. The summed E-state index contributed by atoms with van der Waals surface area (Å²) in [6.45, 7) is 13.6. The molecule has 0 aliphatic heterocycles. The summed E-state index contributed by atoms with van der Waals surface area (Å²) in [5.74, 6) is 0. The first-order valence-corrected chi connectivity index (χ1v) is 19.7. The van der Waals surface area contributed by atoms with Crippen molar-refractivity contribution in [2.24, 2.45) is 0 Å². The minimum atomic E-state index is -1.38. The van der Waals surface area contributed by atoms with Gasteiger partial charge in [0.05, 0.1) is 13.7 Å². The molecule has 8 aromatic rings. The van der Waals surface area contributed by atoms with E-state index in [9.17, 15) is 0 Å². The molecule has 1 radical (unpaired) electrons. The third kappa shape index (κ3) is 6.64. The number of fused-ring (bicyclic) bond motifs is 6. The first-order chi connectivity index (χ1) is 22.6. The number of hydrogen-bond acceptors (Lipinski definition) is 3. The van der Waals surface area contributed by atoms with Crippen LogP contribution in [0.4, 0.5) is 0 Å². The maximum absolute atomic E-state index is 6.43. The van der Waals surface area contributed by atoms with Gasteiger partial charge in [-0.05, 0) is 61.2 Å². The van der Waals surface area contributed by atoms with E-state index >= 15 is 0 Å². The van der Waals surface area contributed by atoms with Crippen molar-refractivity contribution in [3.05, 3.63) is 139 Å². The molecular weight excluding hydrogens is 781 g/mol. The van der Waals surface area contributed by atoms with Crippen LogP contribution in [0, 0.1) is 12.1 Å². The van der Waals surface area contributed by atoms with E-state index < -0.39 is 8.07 Å². The molecule has 0 unspecified atom stereocenters. The van der Waals surface area contributed by atoms with Crippen molar-refractivity contribution in [3.8, 4) is 22.5 Å². The molecule has 0 aliphatic carbocycles. The summed E-state index contributed by atoms with van der Waals surface area (Å²) in [6, 6.07) is 44.4. The van der Waals surface area contributed by atoms with Gasteiger partial charge in [-0.3, -0.25) is 0 Å². The van der Waals surface area contributed by atoms with E-state index in [1.54, 1.807) is 0 Å². The van der Waals surface area contributed by atoms with Crippen LogP contribution in [0.15, 0.2) is 126 Å². The quantitative estimate of drug-likeness (QED) is 0.101. The normalized spacial score (nSPS) is 11.8. The molecule has 0 aliphatic rings. The van der Waals surface area contributed by atoms with Crippen LogP contribution in [0.25, 0.3) is 66.0 Å². The minimum absolute atomic E-state index is 0. The molecule has 0 saturated heterocycles. The fraction of sp³-hybridized carbons (Fsp3) is 0.163. The number of furan rings is 1. The second kappa shape index (κ2) is 13.2. The number of pyridine rings is 2. The second-order valence-corrected chi connectivity index (χ2v) is 19.3. The summed E-state index contributed by atoms with van der Waals surface area (Å²) in [7, 11) is -1.38. The average Bonchev–Trinajstić information content (AvgIpc) is 3.45. The van der Waals surface area contributed by atoms with Crippen molar-refractivity contribution in [1.82, 2.24) is 9.97 Å². The van der Waals surface area contributed by atoms with Gasteiger partial charge in [0, 0.05) is 37.9 Å². The molecule has 3 nitrogen and oxygen atoms in total. The largest absolute Gasteiger partial charge is 0.501 e. The molecule has 5 heteroatoms.